The molecule has 5 nitrogen and oxygen atoms in total. The van der Waals surface area contributed by atoms with Crippen molar-refractivity contribution in [3.05, 3.63) is 17.8 Å². The lowest BCUT2D eigenvalue weighted by Gasteiger charge is -2.25. The van der Waals surface area contributed by atoms with E-state index < -0.39 is 5.97 Å². The Balaban J connectivity index is 2.02. The molecule has 0 bridgehead atoms. The maximum atomic E-state index is 10.5. The summed E-state index contributed by atoms with van der Waals surface area (Å²) in [6.07, 6.45) is 4.36. The zero-order chi connectivity index (χ0) is 13.1. The SMILES string of the molecule is CC(C)N1CCCC1c1nc(CCC(=O)O)co1. The van der Waals surface area contributed by atoms with Crippen LogP contribution in [0.3, 0.4) is 0 Å². The molecule has 1 saturated heterocycles. The predicted molar refractivity (Wildman–Crippen MR) is 66.3 cm³/mol. The summed E-state index contributed by atoms with van der Waals surface area (Å²) < 4.78 is 5.52. The maximum Gasteiger partial charge on any atom is 0.303 e. The quantitative estimate of drug-likeness (QED) is 0.870. The van der Waals surface area contributed by atoms with Crippen molar-refractivity contribution in [3.63, 3.8) is 0 Å². The molecule has 0 aliphatic carbocycles. The number of carbonyl (C=O) groups is 1. The molecule has 1 N–H and O–H groups in total. The standard InChI is InChI=1S/C13H20N2O3/c1-9(2)15-7-3-4-11(15)13-14-10(8-18-13)5-6-12(16)17/h8-9,11H,3-7H2,1-2H3,(H,16,17). The van der Waals surface area contributed by atoms with Crippen LogP contribution < -0.4 is 0 Å². The molecule has 0 spiro atoms. The Hall–Kier alpha value is -1.36. The predicted octanol–water partition coefficient (Wildman–Crippen LogP) is 2.24. The summed E-state index contributed by atoms with van der Waals surface area (Å²) in [7, 11) is 0. The Morgan fingerprint density at radius 1 is 1.67 bits per heavy atom. The second kappa shape index (κ2) is 5.52. The monoisotopic (exact) mass is 252 g/mol. The van der Waals surface area contributed by atoms with Crippen molar-refractivity contribution in [2.45, 2.75) is 51.6 Å². The van der Waals surface area contributed by atoms with Gasteiger partial charge in [-0.1, -0.05) is 0 Å². The highest BCUT2D eigenvalue weighted by Gasteiger charge is 2.31. The van der Waals surface area contributed by atoms with Gasteiger partial charge in [0.2, 0.25) is 5.89 Å². The second-order valence-electron chi connectivity index (χ2n) is 5.06. The fraction of sp³-hybridized carbons (Fsp3) is 0.692. The van der Waals surface area contributed by atoms with Gasteiger partial charge in [-0.15, -0.1) is 0 Å². The van der Waals surface area contributed by atoms with Crippen LogP contribution in [0.15, 0.2) is 10.7 Å². The van der Waals surface area contributed by atoms with Crippen LogP contribution in [-0.2, 0) is 11.2 Å². The van der Waals surface area contributed by atoms with Crippen LogP contribution in [0.5, 0.6) is 0 Å². The summed E-state index contributed by atoms with van der Waals surface area (Å²) in [5, 5.41) is 8.64. The molecule has 2 heterocycles. The Kier molecular flexibility index (Phi) is 4.01. The van der Waals surface area contributed by atoms with Crippen LogP contribution in [0.1, 0.15) is 50.7 Å². The number of nitrogens with zero attached hydrogens (tertiary/aromatic N) is 2. The van der Waals surface area contributed by atoms with Gasteiger partial charge in [0.25, 0.3) is 0 Å². The van der Waals surface area contributed by atoms with Gasteiger partial charge in [-0.3, -0.25) is 9.69 Å². The van der Waals surface area contributed by atoms with Crippen molar-refractivity contribution < 1.29 is 14.3 Å². The number of hydrogen-bond acceptors (Lipinski definition) is 4. The van der Waals surface area contributed by atoms with Crippen molar-refractivity contribution in [1.82, 2.24) is 9.88 Å². The van der Waals surface area contributed by atoms with E-state index >= 15 is 0 Å². The highest BCUT2D eigenvalue weighted by molar-refractivity contribution is 5.66. The van der Waals surface area contributed by atoms with E-state index in [-0.39, 0.29) is 12.5 Å². The Bertz CT molecular complexity index is 414. The van der Waals surface area contributed by atoms with E-state index in [2.05, 4.69) is 23.7 Å². The van der Waals surface area contributed by atoms with E-state index in [1.807, 2.05) is 0 Å². The topological polar surface area (TPSA) is 66.6 Å². The average molecular weight is 252 g/mol. The van der Waals surface area contributed by atoms with E-state index in [9.17, 15) is 4.79 Å². The van der Waals surface area contributed by atoms with Gasteiger partial charge in [0, 0.05) is 12.5 Å². The lowest BCUT2D eigenvalue weighted by molar-refractivity contribution is -0.136. The van der Waals surface area contributed by atoms with Gasteiger partial charge in [0.05, 0.1) is 18.2 Å². The van der Waals surface area contributed by atoms with Gasteiger partial charge in [-0.25, -0.2) is 4.98 Å². The number of oxazole rings is 1. The van der Waals surface area contributed by atoms with Gasteiger partial charge < -0.3 is 9.52 Å². The molecular formula is C13H20N2O3. The first-order valence-corrected chi connectivity index (χ1v) is 6.49. The number of aliphatic carboxylic acids is 1. The average Bonchev–Trinajstić information content (AvgIpc) is 2.94. The normalized spacial score (nSPS) is 20.7. The van der Waals surface area contributed by atoms with E-state index in [0.29, 0.717) is 12.5 Å². The molecule has 1 fully saturated rings. The molecule has 0 aromatic carbocycles. The molecule has 5 heteroatoms. The molecule has 1 aromatic heterocycles. The number of carboxylic acids is 1. The number of carboxylic acid groups (broad SMARTS) is 1. The number of likely N-dealkylation sites (tertiary alicyclic amines) is 1. The molecule has 0 saturated carbocycles. The smallest absolute Gasteiger partial charge is 0.303 e. The van der Waals surface area contributed by atoms with Crippen molar-refractivity contribution >= 4 is 5.97 Å². The third-order valence-electron chi connectivity index (χ3n) is 3.41. The molecule has 1 aliphatic rings. The third-order valence-corrected chi connectivity index (χ3v) is 3.41. The van der Waals surface area contributed by atoms with E-state index in [0.717, 1.165) is 31.0 Å². The summed E-state index contributed by atoms with van der Waals surface area (Å²) in [5.74, 6) is -0.0641. The number of rotatable bonds is 5. The summed E-state index contributed by atoms with van der Waals surface area (Å²) in [4.78, 5) is 17.3. The maximum absolute atomic E-state index is 10.5. The number of aryl methyl sites for hydroxylation is 1. The van der Waals surface area contributed by atoms with Crippen molar-refractivity contribution in [3.8, 4) is 0 Å². The van der Waals surface area contributed by atoms with Crippen LogP contribution in [0.2, 0.25) is 0 Å². The minimum Gasteiger partial charge on any atom is -0.481 e. The molecule has 0 amide bonds. The summed E-state index contributed by atoms with van der Waals surface area (Å²) in [5.41, 5.74) is 0.739. The molecule has 1 aromatic rings. The first-order chi connectivity index (χ1) is 8.58. The number of aromatic nitrogens is 1. The molecule has 2 rings (SSSR count). The minimum absolute atomic E-state index is 0.102. The van der Waals surface area contributed by atoms with Gasteiger partial charge in [0.1, 0.15) is 6.26 Å². The first-order valence-electron chi connectivity index (χ1n) is 6.49. The highest BCUT2D eigenvalue weighted by atomic mass is 16.4. The van der Waals surface area contributed by atoms with Crippen molar-refractivity contribution in [2.24, 2.45) is 0 Å². The molecule has 1 atom stereocenters. The summed E-state index contributed by atoms with van der Waals surface area (Å²) >= 11 is 0. The third kappa shape index (κ3) is 2.90. The van der Waals surface area contributed by atoms with Crippen molar-refractivity contribution in [1.29, 1.82) is 0 Å². The molecular weight excluding hydrogens is 232 g/mol. The van der Waals surface area contributed by atoms with Gasteiger partial charge in [0.15, 0.2) is 0 Å². The van der Waals surface area contributed by atoms with E-state index in [1.165, 1.54) is 0 Å². The minimum atomic E-state index is -0.802. The lowest BCUT2D eigenvalue weighted by atomic mass is 10.2. The molecule has 0 radical (unpaired) electrons. The molecule has 100 valence electrons. The largest absolute Gasteiger partial charge is 0.481 e. The Morgan fingerprint density at radius 2 is 2.44 bits per heavy atom. The lowest BCUT2D eigenvalue weighted by Crippen LogP contribution is -2.30. The van der Waals surface area contributed by atoms with Crippen LogP contribution in [0.25, 0.3) is 0 Å². The van der Waals surface area contributed by atoms with Crippen LogP contribution in [0.4, 0.5) is 0 Å². The van der Waals surface area contributed by atoms with Gasteiger partial charge in [-0.2, -0.15) is 0 Å². The summed E-state index contributed by atoms with van der Waals surface area (Å²) in [6.45, 7) is 5.42. The molecule has 1 unspecified atom stereocenters. The Labute approximate surface area is 107 Å². The van der Waals surface area contributed by atoms with Crippen molar-refractivity contribution in [2.75, 3.05) is 6.54 Å². The van der Waals surface area contributed by atoms with E-state index in [1.54, 1.807) is 6.26 Å². The van der Waals surface area contributed by atoms with Crippen LogP contribution >= 0.6 is 0 Å². The fourth-order valence-corrected chi connectivity index (χ4v) is 2.50. The highest BCUT2D eigenvalue weighted by Crippen LogP contribution is 2.32. The molecule has 1 aliphatic heterocycles. The Morgan fingerprint density at radius 3 is 3.11 bits per heavy atom. The fourth-order valence-electron chi connectivity index (χ4n) is 2.50. The number of hydrogen-bond donors (Lipinski definition) is 1. The second-order valence-corrected chi connectivity index (χ2v) is 5.06. The zero-order valence-corrected chi connectivity index (χ0v) is 10.9. The first kappa shape index (κ1) is 13.1. The summed E-state index contributed by atoms with van der Waals surface area (Å²) in [6, 6.07) is 0.732. The van der Waals surface area contributed by atoms with Crippen LogP contribution in [0, 0.1) is 0 Å². The van der Waals surface area contributed by atoms with Crippen LogP contribution in [-0.4, -0.2) is 33.5 Å². The zero-order valence-electron chi connectivity index (χ0n) is 10.9. The van der Waals surface area contributed by atoms with Gasteiger partial charge in [-0.05, 0) is 33.2 Å². The van der Waals surface area contributed by atoms with Gasteiger partial charge >= 0.3 is 5.97 Å². The van der Waals surface area contributed by atoms with E-state index in [4.69, 9.17) is 9.52 Å². The molecule has 18 heavy (non-hydrogen) atoms.